The van der Waals surface area contributed by atoms with Crippen LogP contribution >= 0.6 is 0 Å². The van der Waals surface area contributed by atoms with Crippen LogP contribution in [0.4, 0.5) is 8.78 Å². The molecule has 1 aliphatic carbocycles. The second-order valence-corrected chi connectivity index (χ2v) is 10.2. The fourth-order valence-corrected chi connectivity index (χ4v) is 5.54. The summed E-state index contributed by atoms with van der Waals surface area (Å²) in [6, 6.07) is 8.09. The van der Waals surface area contributed by atoms with Crippen LogP contribution in [0.3, 0.4) is 0 Å². The Bertz CT molecular complexity index is 1380. The topological polar surface area (TPSA) is 81.4 Å². The van der Waals surface area contributed by atoms with Crippen molar-refractivity contribution in [3.8, 4) is 16.9 Å². The average Bonchev–Trinajstić information content (AvgIpc) is 3.38. The number of hydrogen-bond acceptors (Lipinski definition) is 5. The molecule has 1 N–H and O–H groups in total. The highest BCUT2D eigenvalue weighted by molar-refractivity contribution is 7.88. The number of nitrogens with one attached hydrogen (secondary N) is 1. The van der Waals surface area contributed by atoms with Crippen LogP contribution in [-0.4, -0.2) is 25.7 Å². The summed E-state index contributed by atoms with van der Waals surface area (Å²) in [6.45, 7) is -2.57. The molecule has 1 spiro atoms. The maximum atomic E-state index is 14.9. The molecule has 2 heterocycles. The van der Waals surface area contributed by atoms with Crippen molar-refractivity contribution in [2.24, 2.45) is 0 Å². The van der Waals surface area contributed by atoms with Gasteiger partial charge in [-0.1, -0.05) is 18.2 Å². The molecule has 4 bridgehead atoms. The minimum absolute atomic E-state index is 0.0737. The van der Waals surface area contributed by atoms with E-state index in [1.807, 2.05) is 0 Å². The van der Waals surface area contributed by atoms with Gasteiger partial charge in [-0.3, -0.25) is 0 Å². The Hall–Kier alpha value is -2.78. The van der Waals surface area contributed by atoms with Gasteiger partial charge in [0.05, 0.1) is 14.4 Å². The fourth-order valence-electron chi connectivity index (χ4n) is 4.73. The second-order valence-electron chi connectivity index (χ2n) is 8.46. The molecule has 5 rings (SSSR count). The molecule has 0 radical (unpaired) electrons. The first-order chi connectivity index (χ1) is 16.0. The van der Waals surface area contributed by atoms with Crippen molar-refractivity contribution >= 4 is 10.0 Å². The molecule has 0 amide bonds. The van der Waals surface area contributed by atoms with Crippen LogP contribution in [-0.2, 0) is 28.4 Å². The first kappa shape index (κ1) is 18.8. The van der Waals surface area contributed by atoms with Crippen molar-refractivity contribution in [1.82, 2.24) is 9.71 Å². The van der Waals surface area contributed by atoms with Crippen LogP contribution in [0.25, 0.3) is 11.1 Å². The number of sulfonamides is 1. The molecule has 1 saturated carbocycles. The zero-order chi connectivity index (χ0) is 24.3. The molecule has 0 unspecified atom stereocenters. The number of aromatic nitrogens is 1. The van der Waals surface area contributed by atoms with Gasteiger partial charge in [-0.05, 0) is 49.4 Å². The summed E-state index contributed by atoms with van der Waals surface area (Å²) >= 11 is 0. The number of ether oxygens (including phenoxy) is 1. The van der Waals surface area contributed by atoms with Crippen molar-refractivity contribution in [2.75, 3.05) is 6.26 Å². The molecule has 6 nitrogen and oxygen atoms in total. The Kier molecular flexibility index (Phi) is 4.49. The van der Waals surface area contributed by atoms with E-state index in [-0.39, 0.29) is 28.8 Å². The molecule has 9 heteroatoms. The summed E-state index contributed by atoms with van der Waals surface area (Å²) in [5.74, 6) is -1.65. The molecule has 2 atom stereocenters. The van der Waals surface area contributed by atoms with Gasteiger partial charge in [-0.15, -0.1) is 0 Å². The molecule has 1 aliphatic heterocycles. The minimum atomic E-state index is -3.44. The third kappa shape index (κ3) is 3.91. The van der Waals surface area contributed by atoms with Gasteiger partial charge in [-0.25, -0.2) is 26.9 Å². The van der Waals surface area contributed by atoms with Crippen LogP contribution in [0.2, 0.25) is 0 Å². The predicted octanol–water partition coefficient (Wildman–Crippen LogP) is 4.09. The number of oxazole rings is 1. The number of halogens is 2. The lowest BCUT2D eigenvalue weighted by molar-refractivity contribution is 0.286. The third-order valence-electron chi connectivity index (χ3n) is 6.04. The molecule has 1 fully saturated rings. The summed E-state index contributed by atoms with van der Waals surface area (Å²) in [7, 11) is -3.44. The molecule has 32 heavy (non-hydrogen) atoms. The van der Waals surface area contributed by atoms with E-state index in [1.165, 1.54) is 18.2 Å². The van der Waals surface area contributed by atoms with Gasteiger partial charge in [0.1, 0.15) is 24.3 Å². The van der Waals surface area contributed by atoms with Gasteiger partial charge in [0.15, 0.2) is 11.6 Å². The summed E-state index contributed by atoms with van der Waals surface area (Å²) in [4.78, 5) is 4.38. The van der Waals surface area contributed by atoms with E-state index in [4.69, 9.17) is 11.9 Å². The largest absolute Gasteiger partial charge is 0.483 e. The first-order valence-electron chi connectivity index (χ1n) is 11.2. The zero-order valence-electron chi connectivity index (χ0n) is 19.2. The highest BCUT2D eigenvalue weighted by atomic mass is 32.2. The quantitative estimate of drug-likeness (QED) is 0.620. The number of benzene rings is 2. The number of hydrogen-bond donors (Lipinski definition) is 1. The van der Waals surface area contributed by atoms with Gasteiger partial charge < -0.3 is 9.15 Å². The Morgan fingerprint density at radius 1 is 1.22 bits per heavy atom. The molecule has 168 valence electrons. The van der Waals surface area contributed by atoms with Crippen molar-refractivity contribution in [3.63, 3.8) is 0 Å². The fraction of sp³-hybridized carbons (Fsp3) is 0.348. The van der Waals surface area contributed by atoms with Crippen LogP contribution in [0, 0.1) is 11.6 Å². The monoisotopic (exact) mass is 462 g/mol. The van der Waals surface area contributed by atoms with Crippen molar-refractivity contribution in [1.29, 1.82) is 0 Å². The van der Waals surface area contributed by atoms with Crippen molar-refractivity contribution in [2.45, 2.75) is 43.7 Å². The number of para-hydroxylation sites is 1. The van der Waals surface area contributed by atoms with Crippen LogP contribution in [0.1, 0.15) is 39.2 Å². The lowest BCUT2D eigenvalue weighted by Crippen LogP contribution is -2.35. The smallest absolute Gasteiger partial charge is 0.208 e. The Morgan fingerprint density at radius 3 is 2.88 bits per heavy atom. The van der Waals surface area contributed by atoms with Crippen LogP contribution < -0.4 is 9.46 Å². The summed E-state index contributed by atoms with van der Waals surface area (Å²) in [6.07, 6.45) is 3.97. The number of rotatable bonds is 2. The van der Waals surface area contributed by atoms with Gasteiger partial charge in [0.2, 0.25) is 15.9 Å². The van der Waals surface area contributed by atoms with Crippen molar-refractivity contribution < 1.29 is 29.1 Å². The summed E-state index contributed by atoms with van der Waals surface area (Å²) in [5.41, 5.74) is -0.0816. The SMILES string of the molecule is [2H]C1([2H])Oc2c(F)cccc2-c2cc(ccc2F)C[C@@]2(CC[C@H](NS(C)(=O)=O)C2)c2nc1co2. The average molecular weight is 463 g/mol. The van der Waals surface area contributed by atoms with E-state index >= 15 is 0 Å². The van der Waals surface area contributed by atoms with E-state index in [0.717, 1.165) is 24.1 Å². The van der Waals surface area contributed by atoms with E-state index in [9.17, 15) is 17.2 Å². The maximum absolute atomic E-state index is 14.9. The highest BCUT2D eigenvalue weighted by Gasteiger charge is 2.45. The zero-order valence-corrected chi connectivity index (χ0v) is 18.0. The van der Waals surface area contributed by atoms with E-state index in [2.05, 4.69) is 9.71 Å². The molecular formula is C23H22F2N2O4S. The molecule has 1 aromatic heterocycles. The Morgan fingerprint density at radius 2 is 2.06 bits per heavy atom. The normalized spacial score (nSPS) is 25.2. The lowest BCUT2D eigenvalue weighted by atomic mass is 9.79. The van der Waals surface area contributed by atoms with Gasteiger partial charge >= 0.3 is 0 Å². The highest BCUT2D eigenvalue weighted by Crippen LogP contribution is 2.45. The summed E-state index contributed by atoms with van der Waals surface area (Å²) in [5, 5.41) is 0. The van der Waals surface area contributed by atoms with Crippen molar-refractivity contribution in [3.05, 3.63) is 71.4 Å². The lowest BCUT2D eigenvalue weighted by Gasteiger charge is -2.27. The maximum Gasteiger partial charge on any atom is 0.208 e. The molecular weight excluding hydrogens is 438 g/mol. The molecule has 0 saturated heterocycles. The van der Waals surface area contributed by atoms with Gasteiger partial charge in [-0.2, -0.15) is 0 Å². The van der Waals surface area contributed by atoms with Crippen LogP contribution in [0.5, 0.6) is 5.75 Å². The third-order valence-corrected chi connectivity index (χ3v) is 6.80. The standard InChI is InChI=1S/C23H22F2N2O4S/c1-32(28,29)27-15-7-8-23(11-15)10-14-5-6-19(24)18(9-14)17-3-2-4-20(25)21(17)30-12-16-13-31-22(23)26-16/h2-6,9,13,15,27H,7-8,10-12H2,1H3/t15-,23+/m0/s1/i12D2. The molecule has 3 aromatic rings. The molecule has 2 aliphatic rings. The number of nitrogens with zero attached hydrogens (tertiary/aromatic N) is 1. The second kappa shape index (κ2) is 7.67. The minimum Gasteiger partial charge on any atom is -0.483 e. The van der Waals surface area contributed by atoms with E-state index in [1.54, 1.807) is 12.1 Å². The Balaban J connectivity index is 1.69. The van der Waals surface area contributed by atoms with Gasteiger partial charge in [0, 0.05) is 17.2 Å². The van der Waals surface area contributed by atoms with E-state index < -0.39 is 39.4 Å². The van der Waals surface area contributed by atoms with E-state index in [0.29, 0.717) is 25.7 Å². The predicted molar refractivity (Wildman–Crippen MR) is 114 cm³/mol. The Labute approximate surface area is 187 Å². The summed E-state index contributed by atoms with van der Waals surface area (Å²) < 4.78 is 83.9. The molecule has 2 aromatic carbocycles. The first-order valence-corrected chi connectivity index (χ1v) is 12.1. The number of fused-ring (bicyclic) bond motifs is 7. The van der Waals surface area contributed by atoms with Gasteiger partial charge in [0.25, 0.3) is 0 Å². The van der Waals surface area contributed by atoms with Crippen LogP contribution in [0.15, 0.2) is 47.1 Å².